The maximum atomic E-state index is 12.7. The van der Waals surface area contributed by atoms with E-state index in [2.05, 4.69) is 60.6 Å². The normalized spacial score (nSPS) is 19.9. The van der Waals surface area contributed by atoms with Crippen LogP contribution >= 0.6 is 11.8 Å². The summed E-state index contributed by atoms with van der Waals surface area (Å²) in [5.41, 5.74) is 2.29. The number of aromatic nitrogens is 3. The van der Waals surface area contributed by atoms with Crippen LogP contribution in [0.3, 0.4) is 0 Å². The molecule has 146 valence electrons. The standard InChI is InChI=1S/C20H29N5OS/c1-14-8-10-17(11-9-14)21-12-18-22-23-20(24(18)4)27-13-19(26)25-15(2)6-5-7-16(25)3/h8-11,15-16,21H,5-7,12-13H2,1-4H3. The number of amides is 1. The Morgan fingerprint density at radius 1 is 1.19 bits per heavy atom. The number of carbonyl (C=O) groups is 1. The number of aryl methyl sites for hydroxylation is 1. The van der Waals surface area contributed by atoms with Crippen LogP contribution in [0.1, 0.15) is 44.5 Å². The first kappa shape index (κ1) is 19.7. The van der Waals surface area contributed by atoms with Crippen LogP contribution in [0, 0.1) is 6.92 Å². The predicted molar refractivity (Wildman–Crippen MR) is 110 cm³/mol. The fraction of sp³-hybridized carbons (Fsp3) is 0.550. The Hall–Kier alpha value is -2.02. The molecule has 27 heavy (non-hydrogen) atoms. The summed E-state index contributed by atoms with van der Waals surface area (Å²) in [4.78, 5) is 14.7. The third-order valence-corrected chi connectivity index (χ3v) is 6.24. The van der Waals surface area contributed by atoms with Gasteiger partial charge in [-0.1, -0.05) is 29.5 Å². The van der Waals surface area contributed by atoms with E-state index < -0.39 is 0 Å². The maximum Gasteiger partial charge on any atom is 0.233 e. The minimum absolute atomic E-state index is 0.196. The molecule has 2 unspecified atom stereocenters. The number of thioether (sulfide) groups is 1. The molecule has 6 nitrogen and oxygen atoms in total. The van der Waals surface area contributed by atoms with Gasteiger partial charge in [0.05, 0.1) is 12.3 Å². The SMILES string of the molecule is Cc1ccc(NCc2nnc(SCC(=O)N3C(C)CCCC3C)n2C)cc1. The topological polar surface area (TPSA) is 63.1 Å². The van der Waals surface area contributed by atoms with Crippen LogP contribution in [-0.4, -0.2) is 43.4 Å². The van der Waals surface area contributed by atoms with Gasteiger partial charge < -0.3 is 14.8 Å². The van der Waals surface area contributed by atoms with Gasteiger partial charge in [-0.2, -0.15) is 0 Å². The molecular formula is C20H29N5OS. The lowest BCUT2D eigenvalue weighted by Gasteiger charge is -2.39. The summed E-state index contributed by atoms with van der Waals surface area (Å²) in [5.74, 6) is 1.46. The highest BCUT2D eigenvalue weighted by Gasteiger charge is 2.29. The summed E-state index contributed by atoms with van der Waals surface area (Å²) in [6, 6.07) is 8.93. The molecule has 7 heteroatoms. The molecule has 1 aliphatic heterocycles. The molecule has 1 aliphatic rings. The third kappa shape index (κ3) is 4.83. The van der Waals surface area contributed by atoms with Gasteiger partial charge in [0, 0.05) is 24.8 Å². The second kappa shape index (κ2) is 8.78. The zero-order valence-corrected chi connectivity index (χ0v) is 17.4. The summed E-state index contributed by atoms with van der Waals surface area (Å²) in [6.45, 7) is 6.97. The average molecular weight is 388 g/mol. The summed E-state index contributed by atoms with van der Waals surface area (Å²) >= 11 is 1.47. The summed E-state index contributed by atoms with van der Waals surface area (Å²) < 4.78 is 1.96. The van der Waals surface area contributed by atoms with Gasteiger partial charge in [-0.25, -0.2) is 0 Å². The van der Waals surface area contributed by atoms with Crippen molar-refractivity contribution in [3.63, 3.8) is 0 Å². The maximum absolute atomic E-state index is 12.7. The number of likely N-dealkylation sites (tertiary alicyclic amines) is 1. The van der Waals surface area contributed by atoms with Crippen molar-refractivity contribution in [1.29, 1.82) is 0 Å². The number of carbonyl (C=O) groups excluding carboxylic acids is 1. The van der Waals surface area contributed by atoms with Gasteiger partial charge in [0.1, 0.15) is 0 Å². The average Bonchev–Trinajstić information content (AvgIpc) is 2.99. The van der Waals surface area contributed by atoms with Crippen molar-refractivity contribution in [3.8, 4) is 0 Å². The largest absolute Gasteiger partial charge is 0.378 e. The van der Waals surface area contributed by atoms with Gasteiger partial charge in [0.2, 0.25) is 5.91 Å². The molecule has 0 radical (unpaired) electrons. The monoisotopic (exact) mass is 387 g/mol. The Bertz CT molecular complexity index is 763. The van der Waals surface area contributed by atoms with E-state index in [1.807, 2.05) is 16.5 Å². The molecule has 1 aromatic carbocycles. The van der Waals surface area contributed by atoms with E-state index in [1.54, 1.807) is 0 Å². The molecule has 0 bridgehead atoms. The quantitative estimate of drug-likeness (QED) is 0.767. The molecule has 2 atom stereocenters. The molecule has 0 spiro atoms. The van der Waals surface area contributed by atoms with Gasteiger partial charge in [0.25, 0.3) is 0 Å². The highest BCUT2D eigenvalue weighted by atomic mass is 32.2. The van der Waals surface area contributed by atoms with Crippen molar-refractivity contribution in [2.45, 2.75) is 63.8 Å². The van der Waals surface area contributed by atoms with Crippen molar-refractivity contribution in [3.05, 3.63) is 35.7 Å². The fourth-order valence-electron chi connectivity index (χ4n) is 3.59. The molecule has 1 aromatic heterocycles. The number of benzene rings is 1. The van der Waals surface area contributed by atoms with Gasteiger partial charge in [-0.05, 0) is 52.2 Å². The Kier molecular flexibility index (Phi) is 6.42. The Morgan fingerprint density at radius 2 is 1.85 bits per heavy atom. The van der Waals surface area contributed by atoms with Crippen molar-refractivity contribution >= 4 is 23.4 Å². The van der Waals surface area contributed by atoms with Gasteiger partial charge in [0.15, 0.2) is 11.0 Å². The first-order chi connectivity index (χ1) is 13.0. The number of piperidine rings is 1. The van der Waals surface area contributed by atoms with Crippen LogP contribution in [0.25, 0.3) is 0 Å². The Morgan fingerprint density at radius 3 is 2.52 bits per heavy atom. The van der Waals surface area contributed by atoms with E-state index in [-0.39, 0.29) is 5.91 Å². The molecule has 1 N–H and O–H groups in total. The molecule has 0 saturated carbocycles. The highest BCUT2D eigenvalue weighted by Crippen LogP contribution is 2.25. The molecule has 1 amide bonds. The van der Waals surface area contributed by atoms with Crippen LogP contribution in [0.4, 0.5) is 5.69 Å². The molecule has 0 aliphatic carbocycles. The van der Waals surface area contributed by atoms with Crippen LogP contribution in [0.5, 0.6) is 0 Å². The number of nitrogens with one attached hydrogen (secondary N) is 1. The third-order valence-electron chi connectivity index (χ3n) is 5.23. The van der Waals surface area contributed by atoms with E-state index >= 15 is 0 Å². The van der Waals surface area contributed by atoms with E-state index in [1.165, 1.54) is 23.7 Å². The van der Waals surface area contributed by atoms with Crippen LogP contribution in [0.2, 0.25) is 0 Å². The Balaban J connectivity index is 1.55. The number of rotatable bonds is 6. The second-order valence-electron chi connectivity index (χ2n) is 7.40. The van der Waals surface area contributed by atoms with Crippen LogP contribution in [0.15, 0.2) is 29.4 Å². The molecule has 2 heterocycles. The predicted octanol–water partition coefficient (Wildman–Crippen LogP) is 3.62. The Labute approximate surface area is 165 Å². The molecular weight excluding hydrogens is 358 g/mol. The van der Waals surface area contributed by atoms with E-state index in [9.17, 15) is 4.79 Å². The minimum Gasteiger partial charge on any atom is -0.378 e. The van der Waals surface area contributed by atoms with E-state index in [0.717, 1.165) is 29.5 Å². The lowest BCUT2D eigenvalue weighted by molar-refractivity contribution is -0.134. The number of nitrogens with zero attached hydrogens (tertiary/aromatic N) is 4. The zero-order chi connectivity index (χ0) is 19.4. The van der Waals surface area contributed by atoms with E-state index in [4.69, 9.17) is 0 Å². The molecule has 2 aromatic rings. The molecule has 1 fully saturated rings. The van der Waals surface area contributed by atoms with Gasteiger partial charge >= 0.3 is 0 Å². The van der Waals surface area contributed by atoms with Crippen LogP contribution < -0.4 is 5.32 Å². The lowest BCUT2D eigenvalue weighted by atomic mass is 9.98. The van der Waals surface area contributed by atoms with Crippen LogP contribution in [-0.2, 0) is 18.4 Å². The zero-order valence-electron chi connectivity index (χ0n) is 16.6. The van der Waals surface area contributed by atoms with E-state index in [0.29, 0.717) is 24.4 Å². The van der Waals surface area contributed by atoms with Crippen molar-refractivity contribution in [2.24, 2.45) is 7.05 Å². The summed E-state index contributed by atoms with van der Waals surface area (Å²) in [7, 11) is 1.95. The first-order valence-electron chi connectivity index (χ1n) is 9.58. The number of hydrogen-bond donors (Lipinski definition) is 1. The van der Waals surface area contributed by atoms with Gasteiger partial charge in [-0.3, -0.25) is 4.79 Å². The molecule has 3 rings (SSSR count). The smallest absolute Gasteiger partial charge is 0.233 e. The minimum atomic E-state index is 0.196. The summed E-state index contributed by atoms with van der Waals surface area (Å²) in [6.07, 6.45) is 3.40. The second-order valence-corrected chi connectivity index (χ2v) is 8.34. The highest BCUT2D eigenvalue weighted by molar-refractivity contribution is 7.99. The fourth-order valence-corrected chi connectivity index (χ4v) is 4.39. The number of anilines is 1. The number of hydrogen-bond acceptors (Lipinski definition) is 5. The molecule has 1 saturated heterocycles. The van der Waals surface area contributed by atoms with Gasteiger partial charge in [-0.15, -0.1) is 10.2 Å². The van der Waals surface area contributed by atoms with Crippen molar-refractivity contribution in [2.75, 3.05) is 11.1 Å². The summed E-state index contributed by atoms with van der Waals surface area (Å²) in [5, 5.41) is 12.7. The lowest BCUT2D eigenvalue weighted by Crippen LogP contribution is -2.48. The first-order valence-corrected chi connectivity index (χ1v) is 10.6. The van der Waals surface area contributed by atoms with Crippen molar-refractivity contribution < 1.29 is 4.79 Å². The van der Waals surface area contributed by atoms with Crippen molar-refractivity contribution in [1.82, 2.24) is 19.7 Å².